The fraction of sp³-hybridized carbons (Fsp3) is 0.667. The molecule has 0 aliphatic carbocycles. The highest BCUT2D eigenvalue weighted by molar-refractivity contribution is 5.42. The van der Waals surface area contributed by atoms with E-state index in [1.54, 1.807) is 20.4 Å². The normalized spacial score (nSPS) is 16.2. The average molecular weight is 294 g/mol. The Balaban J connectivity index is 1.88. The number of pyridine rings is 1. The number of hydrogen-bond donors (Lipinski definition) is 1. The maximum absolute atomic E-state index is 5.43. The van der Waals surface area contributed by atoms with Crippen LogP contribution >= 0.6 is 0 Å². The van der Waals surface area contributed by atoms with Gasteiger partial charge in [0, 0.05) is 58.1 Å². The number of methoxy groups -OCH3 is 2. The molecule has 0 saturated carbocycles. The fourth-order valence-corrected chi connectivity index (χ4v) is 2.54. The molecule has 0 atom stereocenters. The molecule has 0 aromatic carbocycles. The van der Waals surface area contributed by atoms with E-state index in [0.29, 0.717) is 0 Å². The van der Waals surface area contributed by atoms with Gasteiger partial charge >= 0.3 is 0 Å². The van der Waals surface area contributed by atoms with Gasteiger partial charge in [0.05, 0.1) is 14.2 Å². The van der Waals surface area contributed by atoms with Crippen LogP contribution in [-0.4, -0.2) is 75.3 Å². The van der Waals surface area contributed by atoms with E-state index in [-0.39, 0.29) is 0 Å². The number of aromatic nitrogens is 1. The van der Waals surface area contributed by atoms with Crippen LogP contribution in [0.1, 0.15) is 5.69 Å². The quantitative estimate of drug-likeness (QED) is 0.787. The maximum Gasteiger partial charge on any atom is 0.183 e. The Kier molecular flexibility index (Phi) is 6.22. The third-order valence-electron chi connectivity index (χ3n) is 3.79. The maximum atomic E-state index is 5.43. The van der Waals surface area contributed by atoms with Gasteiger partial charge in [-0.3, -0.25) is 14.8 Å². The molecule has 118 valence electrons. The van der Waals surface area contributed by atoms with E-state index in [1.165, 1.54) is 0 Å². The predicted molar refractivity (Wildman–Crippen MR) is 83.0 cm³/mol. The number of piperazine rings is 1. The molecule has 1 saturated heterocycles. The van der Waals surface area contributed by atoms with E-state index in [4.69, 9.17) is 9.47 Å². The lowest BCUT2D eigenvalue weighted by molar-refractivity contribution is 0.200. The van der Waals surface area contributed by atoms with Crippen LogP contribution in [0.3, 0.4) is 0 Å². The van der Waals surface area contributed by atoms with Gasteiger partial charge in [-0.05, 0) is 7.05 Å². The van der Waals surface area contributed by atoms with Crippen LogP contribution < -0.4 is 14.8 Å². The first-order valence-corrected chi connectivity index (χ1v) is 7.42. The van der Waals surface area contributed by atoms with E-state index in [0.717, 1.165) is 63.0 Å². The molecule has 2 rings (SSSR count). The molecule has 0 unspecified atom stereocenters. The van der Waals surface area contributed by atoms with Crippen molar-refractivity contribution in [3.8, 4) is 11.5 Å². The molecule has 0 amide bonds. The minimum absolute atomic E-state index is 0.731. The molecule has 1 aromatic rings. The second-order valence-corrected chi connectivity index (χ2v) is 5.32. The average Bonchev–Trinajstić information content (AvgIpc) is 2.53. The van der Waals surface area contributed by atoms with E-state index < -0.39 is 0 Å². The van der Waals surface area contributed by atoms with Crippen LogP contribution in [0.25, 0.3) is 0 Å². The van der Waals surface area contributed by atoms with Crippen LogP contribution in [0.2, 0.25) is 0 Å². The van der Waals surface area contributed by atoms with Gasteiger partial charge < -0.3 is 14.8 Å². The van der Waals surface area contributed by atoms with Crippen molar-refractivity contribution in [1.82, 2.24) is 20.1 Å². The zero-order chi connectivity index (χ0) is 15.1. The highest BCUT2D eigenvalue weighted by atomic mass is 16.5. The minimum atomic E-state index is 0.731. The van der Waals surface area contributed by atoms with Crippen molar-refractivity contribution in [2.75, 3.05) is 60.5 Å². The lowest BCUT2D eigenvalue weighted by Gasteiger charge is -2.29. The summed E-state index contributed by atoms with van der Waals surface area (Å²) >= 11 is 0. The van der Waals surface area contributed by atoms with Crippen molar-refractivity contribution in [3.63, 3.8) is 0 Å². The Morgan fingerprint density at radius 3 is 2.71 bits per heavy atom. The van der Waals surface area contributed by atoms with Crippen LogP contribution in [0.5, 0.6) is 11.5 Å². The number of hydrogen-bond acceptors (Lipinski definition) is 6. The summed E-state index contributed by atoms with van der Waals surface area (Å²) in [5, 5.41) is 3.37. The van der Waals surface area contributed by atoms with Crippen molar-refractivity contribution < 1.29 is 9.47 Å². The van der Waals surface area contributed by atoms with E-state index >= 15 is 0 Å². The number of ether oxygens (including phenoxy) is 2. The molecule has 1 aromatic heterocycles. The molecule has 1 N–H and O–H groups in total. The summed E-state index contributed by atoms with van der Waals surface area (Å²) in [6.45, 7) is 7.31. The molecule has 0 spiro atoms. The van der Waals surface area contributed by atoms with Gasteiger partial charge in [-0.25, -0.2) is 0 Å². The van der Waals surface area contributed by atoms with Crippen molar-refractivity contribution in [1.29, 1.82) is 0 Å². The molecular formula is C15H26N4O2. The smallest absolute Gasteiger partial charge is 0.183 e. The highest BCUT2D eigenvalue weighted by Gasteiger charge is 2.14. The number of rotatable bonds is 7. The van der Waals surface area contributed by atoms with Crippen molar-refractivity contribution in [2.24, 2.45) is 0 Å². The Morgan fingerprint density at radius 2 is 2.05 bits per heavy atom. The zero-order valence-electron chi connectivity index (χ0n) is 13.3. The standard InChI is InChI=1S/C15H26N4O2/c1-18(10-11-19-8-6-16-7-9-19)12-13-15(21-3)14(20-2)4-5-17-13/h4-5,16H,6-12H2,1-3H3. The molecule has 2 heterocycles. The van der Waals surface area contributed by atoms with Crippen molar-refractivity contribution in [3.05, 3.63) is 18.0 Å². The van der Waals surface area contributed by atoms with Gasteiger partial charge in [0.1, 0.15) is 5.69 Å². The molecular weight excluding hydrogens is 268 g/mol. The molecule has 1 aliphatic rings. The number of nitrogens with zero attached hydrogens (tertiary/aromatic N) is 3. The van der Waals surface area contributed by atoms with E-state index in [9.17, 15) is 0 Å². The number of nitrogens with one attached hydrogen (secondary N) is 1. The summed E-state index contributed by atoms with van der Waals surface area (Å²) in [6.07, 6.45) is 1.76. The topological polar surface area (TPSA) is 49.9 Å². The van der Waals surface area contributed by atoms with Crippen LogP contribution in [0.15, 0.2) is 12.3 Å². The first-order chi connectivity index (χ1) is 10.2. The van der Waals surface area contributed by atoms with Crippen LogP contribution in [0.4, 0.5) is 0 Å². The second kappa shape index (κ2) is 8.17. The molecule has 6 heteroatoms. The Labute approximate surface area is 127 Å². The number of likely N-dealkylation sites (N-methyl/N-ethyl adjacent to an activating group) is 1. The monoisotopic (exact) mass is 294 g/mol. The summed E-state index contributed by atoms with van der Waals surface area (Å²) in [5.41, 5.74) is 0.916. The molecule has 0 radical (unpaired) electrons. The molecule has 1 aliphatic heterocycles. The molecule has 1 fully saturated rings. The summed E-state index contributed by atoms with van der Waals surface area (Å²) in [7, 11) is 5.42. The van der Waals surface area contributed by atoms with Gasteiger partial charge in [0.2, 0.25) is 0 Å². The Bertz CT molecular complexity index is 436. The van der Waals surface area contributed by atoms with Gasteiger partial charge in [-0.15, -0.1) is 0 Å². The van der Waals surface area contributed by atoms with Gasteiger partial charge in [0.25, 0.3) is 0 Å². The fourth-order valence-electron chi connectivity index (χ4n) is 2.54. The van der Waals surface area contributed by atoms with Gasteiger partial charge in [0.15, 0.2) is 11.5 Å². The molecule has 0 bridgehead atoms. The third kappa shape index (κ3) is 4.56. The lowest BCUT2D eigenvalue weighted by Crippen LogP contribution is -2.45. The summed E-state index contributed by atoms with van der Waals surface area (Å²) in [4.78, 5) is 9.18. The van der Waals surface area contributed by atoms with Crippen molar-refractivity contribution >= 4 is 0 Å². The van der Waals surface area contributed by atoms with Crippen molar-refractivity contribution in [2.45, 2.75) is 6.54 Å². The molecule has 6 nitrogen and oxygen atoms in total. The minimum Gasteiger partial charge on any atom is -0.493 e. The van der Waals surface area contributed by atoms with Gasteiger partial charge in [-0.2, -0.15) is 0 Å². The first kappa shape index (κ1) is 16.0. The zero-order valence-corrected chi connectivity index (χ0v) is 13.3. The van der Waals surface area contributed by atoms with Gasteiger partial charge in [-0.1, -0.05) is 0 Å². The highest BCUT2D eigenvalue weighted by Crippen LogP contribution is 2.29. The second-order valence-electron chi connectivity index (χ2n) is 5.32. The van der Waals surface area contributed by atoms with E-state index in [1.807, 2.05) is 6.07 Å². The van der Waals surface area contributed by atoms with Crippen LogP contribution in [0, 0.1) is 0 Å². The molecule has 21 heavy (non-hydrogen) atoms. The van der Waals surface area contributed by atoms with Crippen LogP contribution in [-0.2, 0) is 6.54 Å². The SMILES string of the molecule is COc1ccnc(CN(C)CCN2CCNCC2)c1OC. The summed E-state index contributed by atoms with van der Waals surface area (Å²) < 4.78 is 10.7. The lowest BCUT2D eigenvalue weighted by atomic mass is 10.2. The first-order valence-electron chi connectivity index (χ1n) is 7.42. The summed E-state index contributed by atoms with van der Waals surface area (Å²) in [6, 6.07) is 1.82. The Hall–Kier alpha value is -1.37. The van der Waals surface area contributed by atoms with E-state index in [2.05, 4.69) is 27.1 Å². The summed E-state index contributed by atoms with van der Waals surface area (Å²) in [5.74, 6) is 1.46. The predicted octanol–water partition coefficient (Wildman–Crippen LogP) is 0.436. The largest absolute Gasteiger partial charge is 0.493 e. The third-order valence-corrected chi connectivity index (χ3v) is 3.79. The Morgan fingerprint density at radius 1 is 1.29 bits per heavy atom.